The molecule has 0 fully saturated rings. The second-order valence-corrected chi connectivity index (χ2v) is 8.11. The van der Waals surface area contributed by atoms with E-state index in [0.29, 0.717) is 5.57 Å². The van der Waals surface area contributed by atoms with Gasteiger partial charge in [0, 0.05) is 28.8 Å². The molecule has 10 nitrogen and oxygen atoms in total. The van der Waals surface area contributed by atoms with Crippen molar-refractivity contribution >= 4 is 23.0 Å². The van der Waals surface area contributed by atoms with Crippen LogP contribution in [0.4, 0.5) is 11.4 Å². The van der Waals surface area contributed by atoms with Gasteiger partial charge in [-0.1, -0.05) is 44.1 Å². The molecule has 0 unspecified atom stereocenters. The minimum absolute atomic E-state index is 0.0584. The lowest BCUT2D eigenvalue weighted by Gasteiger charge is -2.26. The van der Waals surface area contributed by atoms with Gasteiger partial charge in [-0.2, -0.15) is 4.98 Å². The van der Waals surface area contributed by atoms with Gasteiger partial charge in [0.15, 0.2) is 0 Å². The van der Waals surface area contributed by atoms with Gasteiger partial charge in [0.25, 0.3) is 17.3 Å². The third-order valence-corrected chi connectivity index (χ3v) is 4.84. The van der Waals surface area contributed by atoms with E-state index in [4.69, 9.17) is 9.26 Å². The lowest BCUT2D eigenvalue weighted by Crippen LogP contribution is -2.17. The molecule has 0 N–H and O–H groups in total. The third kappa shape index (κ3) is 3.87. The first-order valence-corrected chi connectivity index (χ1v) is 9.38. The lowest BCUT2D eigenvalue weighted by atomic mass is 9.84. The molecule has 0 aliphatic carbocycles. The number of para-hydroxylation sites is 1. The van der Waals surface area contributed by atoms with Gasteiger partial charge < -0.3 is 9.26 Å². The molecule has 1 aromatic heterocycles. The molecule has 31 heavy (non-hydrogen) atoms. The lowest BCUT2D eigenvalue weighted by molar-refractivity contribution is -0.394. The molecule has 3 aromatic rings. The second kappa shape index (κ2) is 7.31. The Morgan fingerprint density at radius 1 is 1.03 bits per heavy atom. The van der Waals surface area contributed by atoms with Crippen LogP contribution in [0, 0.1) is 20.2 Å². The second-order valence-electron chi connectivity index (χ2n) is 8.11. The molecule has 0 spiro atoms. The van der Waals surface area contributed by atoms with E-state index < -0.39 is 21.2 Å². The summed E-state index contributed by atoms with van der Waals surface area (Å²) in [5.41, 5.74) is 1.75. The smallest absolute Gasteiger partial charge is 0.277 e. The van der Waals surface area contributed by atoms with Gasteiger partial charge in [0.1, 0.15) is 12.4 Å². The molecule has 0 radical (unpaired) electrons. The average Bonchev–Trinajstić information content (AvgIpc) is 3.22. The van der Waals surface area contributed by atoms with E-state index in [2.05, 4.69) is 30.9 Å². The number of fused-ring (bicyclic) bond motifs is 1. The van der Waals surface area contributed by atoms with E-state index in [1.807, 2.05) is 24.3 Å². The fourth-order valence-electron chi connectivity index (χ4n) is 3.33. The normalized spacial score (nSPS) is 13.2. The van der Waals surface area contributed by atoms with Crippen molar-refractivity contribution in [2.45, 2.75) is 26.2 Å². The van der Waals surface area contributed by atoms with Crippen molar-refractivity contribution in [1.82, 2.24) is 10.1 Å². The van der Waals surface area contributed by atoms with Crippen LogP contribution in [0.15, 0.2) is 40.9 Å². The van der Waals surface area contributed by atoms with Gasteiger partial charge in [0.05, 0.1) is 21.5 Å². The minimum Gasteiger partial charge on any atom is -0.488 e. The monoisotopic (exact) mass is 422 g/mol. The van der Waals surface area contributed by atoms with Gasteiger partial charge in [-0.3, -0.25) is 20.2 Å². The molecule has 2 heterocycles. The molecule has 4 rings (SSSR count). The number of rotatable bonds is 4. The molecule has 0 amide bonds. The highest BCUT2D eigenvalue weighted by Crippen LogP contribution is 2.39. The number of hydrogen-bond donors (Lipinski definition) is 0. The van der Waals surface area contributed by atoms with Gasteiger partial charge in [-0.15, -0.1) is 0 Å². The van der Waals surface area contributed by atoms with Gasteiger partial charge >= 0.3 is 0 Å². The molecular weight excluding hydrogens is 404 g/mol. The zero-order valence-corrected chi connectivity index (χ0v) is 17.0. The summed E-state index contributed by atoms with van der Waals surface area (Å²) in [7, 11) is 0. The number of benzene rings is 2. The maximum Gasteiger partial charge on any atom is 0.277 e. The SMILES string of the molecule is CC(C)(C)c1cccc2c1OCC(c1noc(-c3cc([N+](=O)[O-])cc([N+](=O)[O-])c3)n1)=C2. The first-order chi connectivity index (χ1) is 14.6. The van der Waals surface area contributed by atoms with Gasteiger partial charge in [-0.25, -0.2) is 0 Å². The maximum absolute atomic E-state index is 11.1. The summed E-state index contributed by atoms with van der Waals surface area (Å²) < 4.78 is 11.2. The Labute approximate surface area is 176 Å². The number of ether oxygens (including phenoxy) is 1. The Bertz CT molecular complexity index is 1210. The fraction of sp³-hybridized carbons (Fsp3) is 0.238. The molecule has 0 saturated carbocycles. The number of non-ortho nitro benzene ring substituents is 2. The predicted molar refractivity (Wildman–Crippen MR) is 112 cm³/mol. The Balaban J connectivity index is 1.72. The Hall–Kier alpha value is -4.08. The van der Waals surface area contributed by atoms with Crippen molar-refractivity contribution in [3.05, 3.63) is 73.6 Å². The highest BCUT2D eigenvalue weighted by Gasteiger charge is 2.26. The van der Waals surface area contributed by atoms with Crippen molar-refractivity contribution in [1.29, 1.82) is 0 Å². The summed E-state index contributed by atoms with van der Waals surface area (Å²) in [4.78, 5) is 25.1. The highest BCUT2D eigenvalue weighted by molar-refractivity contribution is 5.84. The standard InChI is InChI=1S/C21H18N4O6/c1-21(2,3)17-6-4-5-12-7-14(11-30-18(12)17)19-22-20(31-23-19)13-8-15(24(26)27)10-16(9-13)25(28)29/h4-10H,11H2,1-3H3. The van der Waals surface area contributed by atoms with Crippen LogP contribution in [0.2, 0.25) is 0 Å². The van der Waals surface area contributed by atoms with E-state index in [1.54, 1.807) is 0 Å². The number of nitro groups is 2. The number of aromatic nitrogens is 2. The summed E-state index contributed by atoms with van der Waals surface area (Å²) in [6.45, 7) is 6.53. The van der Waals surface area contributed by atoms with Crippen LogP contribution >= 0.6 is 0 Å². The van der Waals surface area contributed by atoms with Crippen LogP contribution in [0.25, 0.3) is 23.1 Å². The van der Waals surface area contributed by atoms with Crippen molar-refractivity contribution in [3.8, 4) is 17.2 Å². The van der Waals surface area contributed by atoms with E-state index >= 15 is 0 Å². The topological polar surface area (TPSA) is 134 Å². The maximum atomic E-state index is 11.1. The molecule has 1 aliphatic heterocycles. The van der Waals surface area contributed by atoms with E-state index in [0.717, 1.165) is 35.1 Å². The Kier molecular flexibility index (Phi) is 4.77. The molecule has 0 atom stereocenters. The highest BCUT2D eigenvalue weighted by atomic mass is 16.6. The largest absolute Gasteiger partial charge is 0.488 e. The summed E-state index contributed by atoms with van der Waals surface area (Å²) in [5.74, 6) is 0.990. The quantitative estimate of drug-likeness (QED) is 0.433. The zero-order chi connectivity index (χ0) is 22.3. The van der Waals surface area contributed by atoms with Crippen molar-refractivity contribution in [2.75, 3.05) is 6.61 Å². The van der Waals surface area contributed by atoms with E-state index in [-0.39, 0.29) is 29.3 Å². The minimum atomic E-state index is -0.713. The molecule has 10 heteroatoms. The van der Waals surface area contributed by atoms with Crippen LogP contribution in [0.3, 0.4) is 0 Å². The zero-order valence-electron chi connectivity index (χ0n) is 17.0. The molecule has 2 aromatic carbocycles. The first-order valence-electron chi connectivity index (χ1n) is 9.38. The van der Waals surface area contributed by atoms with E-state index in [1.165, 1.54) is 0 Å². The summed E-state index contributed by atoms with van der Waals surface area (Å²) in [6.07, 6.45) is 1.90. The first kappa shape index (κ1) is 20.2. The molecular formula is C21H18N4O6. The van der Waals surface area contributed by atoms with Gasteiger partial charge in [0.2, 0.25) is 5.82 Å². The van der Waals surface area contributed by atoms with Crippen molar-refractivity contribution in [3.63, 3.8) is 0 Å². The van der Waals surface area contributed by atoms with Crippen LogP contribution < -0.4 is 4.74 Å². The average molecular weight is 422 g/mol. The van der Waals surface area contributed by atoms with Crippen LogP contribution in [0.5, 0.6) is 5.75 Å². The predicted octanol–water partition coefficient (Wildman–Crippen LogP) is 4.78. The molecule has 158 valence electrons. The van der Waals surface area contributed by atoms with Crippen LogP contribution in [-0.2, 0) is 5.41 Å². The Morgan fingerprint density at radius 3 is 2.32 bits per heavy atom. The third-order valence-electron chi connectivity index (χ3n) is 4.84. The Morgan fingerprint density at radius 2 is 1.71 bits per heavy atom. The van der Waals surface area contributed by atoms with Crippen molar-refractivity contribution < 1.29 is 19.1 Å². The summed E-state index contributed by atoms with van der Waals surface area (Å²) in [5, 5.41) is 26.2. The number of hydrogen-bond acceptors (Lipinski definition) is 8. The van der Waals surface area contributed by atoms with Crippen molar-refractivity contribution in [2.24, 2.45) is 0 Å². The summed E-state index contributed by atoms with van der Waals surface area (Å²) in [6, 6.07) is 9.09. The van der Waals surface area contributed by atoms with Gasteiger partial charge in [-0.05, 0) is 11.5 Å². The van der Waals surface area contributed by atoms with Crippen LogP contribution in [0.1, 0.15) is 37.7 Å². The van der Waals surface area contributed by atoms with E-state index in [9.17, 15) is 20.2 Å². The molecule has 1 aliphatic rings. The number of nitrogens with zero attached hydrogens (tertiary/aromatic N) is 4. The summed E-state index contributed by atoms with van der Waals surface area (Å²) >= 11 is 0. The molecule has 0 saturated heterocycles. The molecule has 0 bridgehead atoms. The fourth-order valence-corrected chi connectivity index (χ4v) is 3.33. The van der Waals surface area contributed by atoms with Crippen LogP contribution in [-0.4, -0.2) is 26.6 Å². The number of nitro benzene ring substituents is 2.